The first-order chi connectivity index (χ1) is 16.5. The highest BCUT2D eigenvalue weighted by atomic mass is 19.1. The summed E-state index contributed by atoms with van der Waals surface area (Å²) < 4.78 is 38.5. The van der Waals surface area contributed by atoms with Crippen LogP contribution in [-0.2, 0) is 0 Å². The number of benzene rings is 3. The van der Waals surface area contributed by atoms with Crippen LogP contribution in [0.15, 0.2) is 66.7 Å². The minimum Gasteiger partial charge on any atom is -0.508 e. The van der Waals surface area contributed by atoms with Gasteiger partial charge in [0, 0.05) is 36.7 Å². The average Bonchev–Trinajstić information content (AvgIpc) is 2.82. The lowest BCUT2D eigenvalue weighted by Crippen LogP contribution is -2.49. The van der Waals surface area contributed by atoms with Crippen LogP contribution >= 0.6 is 0 Å². The normalized spacial score (nSPS) is 18.3. The van der Waals surface area contributed by atoms with Crippen LogP contribution in [0.2, 0.25) is 0 Å². The monoisotopic (exact) mass is 463 g/mol. The van der Waals surface area contributed by atoms with Gasteiger partial charge in [-0.25, -0.2) is 4.39 Å². The van der Waals surface area contributed by atoms with Gasteiger partial charge in [-0.2, -0.15) is 0 Å². The maximum absolute atomic E-state index is 13.6. The molecule has 1 fully saturated rings. The second kappa shape index (κ2) is 9.47. The van der Waals surface area contributed by atoms with Crippen LogP contribution < -0.4 is 9.47 Å². The molecule has 2 aliphatic rings. The molecular formula is C28H27F2NO3. The third-order valence-electron chi connectivity index (χ3n) is 6.54. The molecule has 0 aliphatic carbocycles. The average molecular weight is 464 g/mol. The molecule has 2 aliphatic heterocycles. The number of rotatable bonds is 7. The molecule has 176 valence electrons. The SMILES string of the molecule is CC1=C(c2ccc(F)cc2)C(c2ccc(OCCN3CC(CF)C3)cc2)Oc2ccc(O)cc21. The van der Waals surface area contributed by atoms with Gasteiger partial charge in [0.05, 0.1) is 6.67 Å². The molecule has 3 aromatic carbocycles. The van der Waals surface area contributed by atoms with Gasteiger partial charge in [0.2, 0.25) is 0 Å². The van der Waals surface area contributed by atoms with Crippen LogP contribution in [0.4, 0.5) is 8.78 Å². The Morgan fingerprint density at radius 1 is 1.03 bits per heavy atom. The Morgan fingerprint density at radius 3 is 2.47 bits per heavy atom. The summed E-state index contributed by atoms with van der Waals surface area (Å²) in [5.74, 6) is 1.49. The van der Waals surface area contributed by atoms with E-state index in [-0.39, 0.29) is 24.2 Å². The summed E-state index contributed by atoms with van der Waals surface area (Å²) in [5.41, 5.74) is 4.51. The van der Waals surface area contributed by atoms with E-state index in [1.165, 1.54) is 12.1 Å². The minimum absolute atomic E-state index is 0.165. The number of nitrogens with zero attached hydrogens (tertiary/aromatic N) is 1. The first-order valence-electron chi connectivity index (χ1n) is 11.5. The molecular weight excluding hydrogens is 436 g/mol. The summed E-state index contributed by atoms with van der Waals surface area (Å²) in [4.78, 5) is 2.19. The van der Waals surface area contributed by atoms with Gasteiger partial charge in [-0.1, -0.05) is 24.3 Å². The molecule has 3 aromatic rings. The van der Waals surface area contributed by atoms with Crippen LogP contribution in [0.1, 0.15) is 29.7 Å². The van der Waals surface area contributed by atoms with Crippen LogP contribution in [0.5, 0.6) is 17.2 Å². The highest BCUT2D eigenvalue weighted by Crippen LogP contribution is 2.47. The number of fused-ring (bicyclic) bond motifs is 1. The number of phenolic OH excluding ortho intramolecular Hbond substituents is 1. The standard InChI is InChI=1S/C28H27F2NO3/c1-18-25-14-23(32)8-11-26(25)34-28(27(18)20-2-6-22(30)7-3-20)21-4-9-24(10-5-21)33-13-12-31-16-19(15-29)17-31/h2-11,14,19,28,32H,12-13,15-17H2,1H3. The molecule has 34 heavy (non-hydrogen) atoms. The van der Waals surface area contributed by atoms with Gasteiger partial charge in [0.15, 0.2) is 0 Å². The van der Waals surface area contributed by atoms with E-state index in [1.54, 1.807) is 30.3 Å². The fourth-order valence-corrected chi connectivity index (χ4v) is 4.66. The van der Waals surface area contributed by atoms with E-state index < -0.39 is 6.10 Å². The molecule has 0 bridgehead atoms. The van der Waals surface area contributed by atoms with Crippen LogP contribution in [-0.4, -0.2) is 42.9 Å². The van der Waals surface area contributed by atoms with Gasteiger partial charge in [-0.15, -0.1) is 0 Å². The lowest BCUT2D eigenvalue weighted by Gasteiger charge is -2.37. The molecule has 4 nitrogen and oxygen atoms in total. The summed E-state index contributed by atoms with van der Waals surface area (Å²) in [6.07, 6.45) is -0.393. The molecule has 0 saturated carbocycles. The first-order valence-corrected chi connectivity index (χ1v) is 11.5. The first kappa shape index (κ1) is 22.4. The van der Waals surface area contributed by atoms with Crippen LogP contribution in [0, 0.1) is 11.7 Å². The van der Waals surface area contributed by atoms with Gasteiger partial charge in [-0.3, -0.25) is 9.29 Å². The van der Waals surface area contributed by atoms with E-state index in [2.05, 4.69) is 4.90 Å². The Balaban J connectivity index is 1.37. The van der Waals surface area contributed by atoms with Crippen molar-refractivity contribution in [2.24, 2.45) is 5.92 Å². The Hall–Kier alpha value is -3.38. The third-order valence-corrected chi connectivity index (χ3v) is 6.54. The number of likely N-dealkylation sites (tertiary alicyclic amines) is 1. The van der Waals surface area contributed by atoms with Crippen LogP contribution in [0.3, 0.4) is 0 Å². The molecule has 1 N–H and O–H groups in total. The van der Waals surface area contributed by atoms with Crippen molar-refractivity contribution in [3.05, 3.63) is 89.2 Å². The number of hydrogen-bond acceptors (Lipinski definition) is 4. The quantitative estimate of drug-likeness (QED) is 0.476. The number of allylic oxidation sites excluding steroid dienone is 1. The van der Waals surface area contributed by atoms with E-state index in [1.807, 2.05) is 31.2 Å². The maximum atomic E-state index is 13.6. The third kappa shape index (κ3) is 4.50. The topological polar surface area (TPSA) is 41.9 Å². The number of phenols is 1. The second-order valence-corrected chi connectivity index (χ2v) is 8.92. The van der Waals surface area contributed by atoms with Crippen LogP contribution in [0.25, 0.3) is 11.1 Å². The van der Waals surface area contributed by atoms with Crippen molar-refractivity contribution < 1.29 is 23.4 Å². The van der Waals surface area contributed by atoms with Crippen molar-refractivity contribution in [1.82, 2.24) is 4.90 Å². The summed E-state index contributed by atoms with van der Waals surface area (Å²) in [5, 5.41) is 10.0. The second-order valence-electron chi connectivity index (χ2n) is 8.92. The molecule has 0 amide bonds. The van der Waals surface area contributed by atoms with Gasteiger partial charge in [0.1, 0.15) is 35.8 Å². The molecule has 0 spiro atoms. The number of alkyl halides is 1. The Labute approximate surface area is 198 Å². The maximum Gasteiger partial charge on any atom is 0.150 e. The lowest BCUT2D eigenvalue weighted by atomic mass is 9.86. The van der Waals surface area contributed by atoms with Crippen molar-refractivity contribution in [3.63, 3.8) is 0 Å². The lowest BCUT2D eigenvalue weighted by molar-refractivity contribution is 0.0668. The largest absolute Gasteiger partial charge is 0.508 e. The number of ether oxygens (including phenoxy) is 2. The van der Waals surface area contributed by atoms with Crippen molar-refractivity contribution >= 4 is 11.1 Å². The number of halogens is 2. The zero-order valence-corrected chi connectivity index (χ0v) is 19.0. The molecule has 6 heteroatoms. The predicted octanol–water partition coefficient (Wildman–Crippen LogP) is 5.88. The summed E-state index contributed by atoms with van der Waals surface area (Å²) >= 11 is 0. The van der Waals surface area contributed by atoms with Crippen molar-refractivity contribution in [2.75, 3.05) is 32.9 Å². The Morgan fingerprint density at radius 2 is 1.76 bits per heavy atom. The molecule has 5 rings (SSSR count). The van der Waals surface area contributed by atoms with Crippen molar-refractivity contribution in [1.29, 1.82) is 0 Å². The van der Waals surface area contributed by atoms with E-state index in [0.29, 0.717) is 12.4 Å². The van der Waals surface area contributed by atoms with Crippen molar-refractivity contribution in [3.8, 4) is 17.2 Å². The van der Waals surface area contributed by atoms with Gasteiger partial charge in [0.25, 0.3) is 0 Å². The fraction of sp³-hybridized carbons (Fsp3) is 0.286. The summed E-state index contributed by atoms with van der Waals surface area (Å²) in [6.45, 7) is 4.68. The Bertz CT molecular complexity index is 1190. The highest BCUT2D eigenvalue weighted by Gasteiger charge is 2.30. The molecule has 0 radical (unpaired) electrons. The van der Waals surface area contributed by atoms with Crippen molar-refractivity contribution in [2.45, 2.75) is 13.0 Å². The van der Waals surface area contributed by atoms with Gasteiger partial charge in [-0.05, 0) is 66.1 Å². The molecule has 2 heterocycles. The minimum atomic E-state index is -0.393. The highest BCUT2D eigenvalue weighted by molar-refractivity contribution is 5.95. The van der Waals surface area contributed by atoms with E-state index in [4.69, 9.17) is 9.47 Å². The smallest absolute Gasteiger partial charge is 0.150 e. The van der Waals surface area contributed by atoms with E-state index >= 15 is 0 Å². The summed E-state index contributed by atoms with van der Waals surface area (Å²) in [6, 6.07) is 19.2. The van der Waals surface area contributed by atoms with E-state index in [0.717, 1.165) is 53.2 Å². The number of hydrogen-bond donors (Lipinski definition) is 1. The van der Waals surface area contributed by atoms with Gasteiger partial charge >= 0.3 is 0 Å². The Kier molecular flexibility index (Phi) is 6.24. The summed E-state index contributed by atoms with van der Waals surface area (Å²) in [7, 11) is 0. The molecule has 1 atom stereocenters. The zero-order chi connectivity index (χ0) is 23.7. The molecule has 1 unspecified atom stereocenters. The predicted molar refractivity (Wildman–Crippen MR) is 128 cm³/mol. The zero-order valence-electron chi connectivity index (χ0n) is 19.0. The van der Waals surface area contributed by atoms with Gasteiger partial charge < -0.3 is 14.6 Å². The number of aromatic hydroxyl groups is 1. The van der Waals surface area contributed by atoms with E-state index in [9.17, 15) is 13.9 Å². The fourth-order valence-electron chi connectivity index (χ4n) is 4.66. The molecule has 1 saturated heterocycles. The molecule has 0 aromatic heterocycles.